The fourth-order valence-electron chi connectivity index (χ4n) is 6.33. The summed E-state index contributed by atoms with van der Waals surface area (Å²) in [6, 6.07) is 13.7. The molecule has 2 heteroatoms. The molecule has 1 aromatic heterocycles. The van der Waals surface area contributed by atoms with E-state index in [9.17, 15) is 0 Å². The van der Waals surface area contributed by atoms with E-state index in [1.165, 1.54) is 113 Å². The summed E-state index contributed by atoms with van der Waals surface area (Å²) in [6.45, 7) is 4.63. The first kappa shape index (κ1) is 24.4. The zero-order valence-corrected chi connectivity index (χ0v) is 21.3. The minimum Gasteiger partial charge on any atom is -0.155 e. The third-order valence-corrected chi connectivity index (χ3v) is 8.77. The highest BCUT2D eigenvalue weighted by molar-refractivity contribution is 5.59. The smallest absolute Gasteiger partial charge is 0.0929 e. The van der Waals surface area contributed by atoms with Crippen LogP contribution in [0.25, 0.3) is 11.3 Å². The van der Waals surface area contributed by atoms with Gasteiger partial charge in [0, 0.05) is 11.5 Å². The molecule has 0 unspecified atom stereocenters. The summed E-state index contributed by atoms with van der Waals surface area (Å²) in [6.07, 6.45) is 20.7. The van der Waals surface area contributed by atoms with Crippen molar-refractivity contribution >= 4 is 0 Å². The third kappa shape index (κ3) is 6.90. The first-order valence-electron chi connectivity index (χ1n) is 14.2. The molecule has 0 aliphatic heterocycles. The van der Waals surface area contributed by atoms with Crippen LogP contribution in [0.5, 0.6) is 0 Å². The van der Waals surface area contributed by atoms with Gasteiger partial charge in [-0.2, -0.15) is 10.2 Å². The van der Waals surface area contributed by atoms with E-state index < -0.39 is 0 Å². The Kier molecular flexibility index (Phi) is 9.38. The lowest BCUT2D eigenvalue weighted by molar-refractivity contribution is 0.302. The van der Waals surface area contributed by atoms with Crippen LogP contribution < -0.4 is 0 Å². The summed E-state index contributed by atoms with van der Waals surface area (Å²) >= 11 is 0. The van der Waals surface area contributed by atoms with Crippen molar-refractivity contribution in [3.8, 4) is 11.3 Å². The van der Waals surface area contributed by atoms with Crippen molar-refractivity contribution < 1.29 is 0 Å². The Morgan fingerprint density at radius 2 is 1.30 bits per heavy atom. The average Bonchev–Trinajstić information content (AvgIpc) is 2.89. The molecule has 1 aromatic carbocycles. The molecule has 2 fully saturated rings. The molecule has 2 saturated carbocycles. The van der Waals surface area contributed by atoms with Crippen LogP contribution >= 0.6 is 0 Å². The van der Waals surface area contributed by atoms with Crippen LogP contribution in [0, 0.1) is 11.8 Å². The van der Waals surface area contributed by atoms with Gasteiger partial charge in [-0.1, -0.05) is 83.1 Å². The third-order valence-electron chi connectivity index (χ3n) is 8.77. The molecule has 2 aliphatic carbocycles. The number of hydrogen-bond acceptors (Lipinski definition) is 2. The number of benzene rings is 1. The molecule has 2 aromatic rings. The molecule has 0 bridgehead atoms. The first-order valence-corrected chi connectivity index (χ1v) is 14.2. The van der Waals surface area contributed by atoms with E-state index in [4.69, 9.17) is 0 Å². The maximum atomic E-state index is 4.64. The van der Waals surface area contributed by atoms with Crippen LogP contribution in [0.1, 0.15) is 133 Å². The van der Waals surface area contributed by atoms with Gasteiger partial charge in [-0.3, -0.25) is 0 Å². The van der Waals surface area contributed by atoms with Crippen molar-refractivity contribution in [2.75, 3.05) is 0 Å². The van der Waals surface area contributed by atoms with Gasteiger partial charge in [-0.05, 0) is 86.8 Å². The van der Waals surface area contributed by atoms with Gasteiger partial charge < -0.3 is 0 Å². The largest absolute Gasteiger partial charge is 0.155 e. The van der Waals surface area contributed by atoms with Crippen molar-refractivity contribution in [3.63, 3.8) is 0 Å². The zero-order chi connectivity index (χ0) is 22.9. The Balaban J connectivity index is 1.25. The molecule has 0 N–H and O–H groups in total. The van der Waals surface area contributed by atoms with Crippen LogP contribution in [0.4, 0.5) is 0 Å². The van der Waals surface area contributed by atoms with Gasteiger partial charge in [0.05, 0.1) is 11.4 Å². The molecule has 0 radical (unpaired) electrons. The highest BCUT2D eigenvalue weighted by atomic mass is 15.1. The number of nitrogens with zero attached hydrogens (tertiary/aromatic N) is 2. The van der Waals surface area contributed by atoms with Gasteiger partial charge in [-0.25, -0.2) is 0 Å². The van der Waals surface area contributed by atoms with Crippen molar-refractivity contribution in [3.05, 3.63) is 47.7 Å². The van der Waals surface area contributed by atoms with Crippen LogP contribution in [0.15, 0.2) is 36.4 Å². The Morgan fingerprint density at radius 1 is 0.636 bits per heavy atom. The quantitative estimate of drug-likeness (QED) is 0.340. The highest BCUT2D eigenvalue weighted by Crippen LogP contribution is 2.39. The minimum absolute atomic E-state index is 0.614. The number of aromatic nitrogens is 2. The molecule has 2 aliphatic rings. The number of rotatable bonds is 10. The molecule has 0 atom stereocenters. The monoisotopic (exact) mass is 446 g/mol. The fourth-order valence-corrected chi connectivity index (χ4v) is 6.33. The van der Waals surface area contributed by atoms with Crippen LogP contribution in [-0.4, -0.2) is 10.2 Å². The predicted molar refractivity (Wildman–Crippen MR) is 141 cm³/mol. The van der Waals surface area contributed by atoms with E-state index >= 15 is 0 Å². The second kappa shape index (κ2) is 12.7. The molecular formula is C31H46N2. The van der Waals surface area contributed by atoms with E-state index in [0.29, 0.717) is 5.92 Å². The highest BCUT2D eigenvalue weighted by Gasteiger charge is 2.23. The van der Waals surface area contributed by atoms with Crippen molar-refractivity contribution in [2.24, 2.45) is 11.8 Å². The molecule has 33 heavy (non-hydrogen) atoms. The van der Waals surface area contributed by atoms with E-state index in [1.807, 2.05) is 0 Å². The van der Waals surface area contributed by atoms with Crippen molar-refractivity contribution in [1.29, 1.82) is 0 Å². The Bertz CT molecular complexity index is 794. The average molecular weight is 447 g/mol. The van der Waals surface area contributed by atoms with Crippen molar-refractivity contribution in [2.45, 2.75) is 122 Å². The molecule has 180 valence electrons. The van der Waals surface area contributed by atoms with Gasteiger partial charge in [-0.15, -0.1) is 0 Å². The zero-order valence-electron chi connectivity index (χ0n) is 21.3. The molecule has 0 spiro atoms. The summed E-state index contributed by atoms with van der Waals surface area (Å²) in [5, 5.41) is 9.25. The lowest BCUT2D eigenvalue weighted by Crippen LogP contribution is -2.14. The van der Waals surface area contributed by atoms with Gasteiger partial charge in [0.15, 0.2) is 0 Å². The van der Waals surface area contributed by atoms with E-state index in [-0.39, 0.29) is 0 Å². The fraction of sp³-hybridized carbons (Fsp3) is 0.677. The van der Waals surface area contributed by atoms with Gasteiger partial charge >= 0.3 is 0 Å². The molecule has 0 saturated heterocycles. The van der Waals surface area contributed by atoms with E-state index in [2.05, 4.69) is 60.4 Å². The van der Waals surface area contributed by atoms with Gasteiger partial charge in [0.1, 0.15) is 0 Å². The first-order chi connectivity index (χ1) is 16.3. The maximum absolute atomic E-state index is 4.64. The lowest BCUT2D eigenvalue weighted by Gasteiger charge is -2.29. The second-order valence-corrected chi connectivity index (χ2v) is 11.0. The van der Waals surface area contributed by atoms with Gasteiger partial charge in [0.25, 0.3) is 0 Å². The van der Waals surface area contributed by atoms with Crippen LogP contribution in [-0.2, 0) is 0 Å². The lowest BCUT2D eigenvalue weighted by atomic mass is 9.77. The predicted octanol–water partition coefficient (Wildman–Crippen LogP) is 9.46. The Hall–Kier alpha value is -1.70. The SMILES string of the molecule is CCCCCCCC1CCC(c2ccc(-c3ccc(C4CCC(CC)CC4)nn3)cc2)CC1. The second-order valence-electron chi connectivity index (χ2n) is 11.0. The molecule has 2 nitrogen and oxygen atoms in total. The summed E-state index contributed by atoms with van der Waals surface area (Å²) in [7, 11) is 0. The molecular weight excluding hydrogens is 400 g/mol. The van der Waals surface area contributed by atoms with Crippen LogP contribution in [0.2, 0.25) is 0 Å². The standard InChI is InChI=1S/C31H46N2/c1-3-5-6-7-8-9-25-12-14-26(15-13-25)27-18-20-29(21-19-27)31-23-22-30(32-33-31)28-16-10-24(4-2)11-17-28/h18-26,28H,3-17H2,1-2H3. The topological polar surface area (TPSA) is 25.8 Å². The van der Waals surface area contributed by atoms with Crippen LogP contribution in [0.3, 0.4) is 0 Å². The maximum Gasteiger partial charge on any atom is 0.0929 e. The molecule has 4 rings (SSSR count). The van der Waals surface area contributed by atoms with E-state index in [1.54, 1.807) is 0 Å². The number of unbranched alkanes of at least 4 members (excludes halogenated alkanes) is 4. The number of hydrogen-bond donors (Lipinski definition) is 0. The Labute approximate surface area is 203 Å². The van der Waals surface area contributed by atoms with Crippen molar-refractivity contribution in [1.82, 2.24) is 10.2 Å². The van der Waals surface area contributed by atoms with Gasteiger partial charge in [0.2, 0.25) is 0 Å². The summed E-state index contributed by atoms with van der Waals surface area (Å²) < 4.78 is 0. The summed E-state index contributed by atoms with van der Waals surface area (Å²) in [5.41, 5.74) is 4.94. The molecule has 1 heterocycles. The van der Waals surface area contributed by atoms with E-state index in [0.717, 1.165) is 23.4 Å². The summed E-state index contributed by atoms with van der Waals surface area (Å²) in [5.74, 6) is 3.27. The normalized spacial score (nSPS) is 25.8. The Morgan fingerprint density at radius 3 is 1.94 bits per heavy atom. The molecule has 0 amide bonds. The summed E-state index contributed by atoms with van der Waals surface area (Å²) in [4.78, 5) is 0. The minimum atomic E-state index is 0.614.